The van der Waals surface area contributed by atoms with Crippen LogP contribution in [-0.4, -0.2) is 14.6 Å². The maximum absolute atomic E-state index is 13.0. The SMILES string of the molecule is N#Cc1c(-c2ccccc2)ccn2nc(-c3cccc(C(F)(F)F)c3)nc12. The number of alkyl halides is 3. The van der Waals surface area contributed by atoms with Gasteiger partial charge in [-0.05, 0) is 23.8 Å². The molecule has 0 saturated carbocycles. The first kappa shape index (κ1) is 16.8. The van der Waals surface area contributed by atoms with Gasteiger partial charge >= 0.3 is 6.18 Å². The minimum Gasteiger partial charge on any atom is -0.219 e. The lowest BCUT2D eigenvalue weighted by molar-refractivity contribution is -0.137. The first-order valence-corrected chi connectivity index (χ1v) is 8.00. The summed E-state index contributed by atoms with van der Waals surface area (Å²) in [6.45, 7) is 0. The highest BCUT2D eigenvalue weighted by atomic mass is 19.4. The number of rotatable bonds is 2. The summed E-state index contributed by atoms with van der Waals surface area (Å²) in [4.78, 5) is 4.33. The van der Waals surface area contributed by atoms with Crippen LogP contribution in [0, 0.1) is 11.3 Å². The van der Waals surface area contributed by atoms with Crippen molar-refractivity contribution in [2.45, 2.75) is 6.18 Å². The molecule has 0 aliphatic heterocycles. The van der Waals surface area contributed by atoms with Crippen LogP contribution in [0.3, 0.4) is 0 Å². The Morgan fingerprint density at radius 3 is 2.37 bits per heavy atom. The molecule has 0 atom stereocenters. The number of aromatic nitrogens is 3. The first-order valence-electron chi connectivity index (χ1n) is 8.00. The molecule has 0 aliphatic rings. The molecule has 0 spiro atoms. The van der Waals surface area contributed by atoms with Crippen molar-refractivity contribution in [3.8, 4) is 28.6 Å². The summed E-state index contributed by atoms with van der Waals surface area (Å²) < 4.78 is 40.3. The maximum Gasteiger partial charge on any atom is 0.416 e. The highest BCUT2D eigenvalue weighted by Gasteiger charge is 2.30. The normalized spacial score (nSPS) is 11.5. The highest BCUT2D eigenvalue weighted by Crippen LogP contribution is 2.32. The van der Waals surface area contributed by atoms with Gasteiger partial charge in [0, 0.05) is 17.3 Å². The Hall–Kier alpha value is -3.66. The third kappa shape index (κ3) is 3.02. The van der Waals surface area contributed by atoms with E-state index in [1.54, 1.807) is 12.3 Å². The fourth-order valence-electron chi connectivity index (χ4n) is 2.87. The quantitative estimate of drug-likeness (QED) is 0.505. The molecule has 0 N–H and O–H groups in total. The van der Waals surface area contributed by atoms with Gasteiger partial charge in [-0.15, -0.1) is 5.10 Å². The molecule has 4 aromatic rings. The lowest BCUT2D eigenvalue weighted by Crippen LogP contribution is -2.04. The van der Waals surface area contributed by atoms with Gasteiger partial charge in [0.15, 0.2) is 11.5 Å². The van der Waals surface area contributed by atoms with E-state index in [4.69, 9.17) is 0 Å². The Morgan fingerprint density at radius 1 is 0.926 bits per heavy atom. The second kappa shape index (κ2) is 6.25. The van der Waals surface area contributed by atoms with Crippen molar-refractivity contribution in [1.82, 2.24) is 14.6 Å². The fourth-order valence-corrected chi connectivity index (χ4v) is 2.87. The molecule has 0 aliphatic carbocycles. The van der Waals surface area contributed by atoms with Crippen molar-refractivity contribution in [1.29, 1.82) is 5.26 Å². The summed E-state index contributed by atoms with van der Waals surface area (Å²) in [5, 5.41) is 13.9. The van der Waals surface area contributed by atoms with Crippen molar-refractivity contribution in [3.63, 3.8) is 0 Å². The predicted octanol–water partition coefficient (Wildman–Crippen LogP) is 4.95. The molecule has 0 radical (unpaired) electrons. The number of halogens is 3. The van der Waals surface area contributed by atoms with Gasteiger partial charge in [0.2, 0.25) is 0 Å². The highest BCUT2D eigenvalue weighted by molar-refractivity contribution is 5.78. The fraction of sp³-hybridized carbons (Fsp3) is 0.0500. The van der Waals surface area contributed by atoms with Crippen molar-refractivity contribution in [2.75, 3.05) is 0 Å². The molecule has 2 aromatic carbocycles. The lowest BCUT2D eigenvalue weighted by atomic mass is 10.0. The van der Waals surface area contributed by atoms with Gasteiger partial charge in [-0.25, -0.2) is 9.50 Å². The van der Waals surface area contributed by atoms with Gasteiger partial charge in [0.1, 0.15) is 11.6 Å². The molecule has 132 valence electrons. The van der Waals surface area contributed by atoms with E-state index in [-0.39, 0.29) is 11.4 Å². The Morgan fingerprint density at radius 2 is 1.67 bits per heavy atom. The molecule has 0 unspecified atom stereocenters. The zero-order valence-electron chi connectivity index (χ0n) is 13.8. The minimum absolute atomic E-state index is 0.128. The van der Waals surface area contributed by atoms with Gasteiger partial charge in [0.05, 0.1) is 5.56 Å². The third-order valence-electron chi connectivity index (χ3n) is 4.15. The summed E-state index contributed by atoms with van der Waals surface area (Å²) in [6, 6.07) is 18.0. The maximum atomic E-state index is 13.0. The van der Waals surface area contributed by atoms with Crippen LogP contribution in [0.5, 0.6) is 0 Å². The van der Waals surface area contributed by atoms with E-state index in [9.17, 15) is 18.4 Å². The monoisotopic (exact) mass is 364 g/mol. The average molecular weight is 364 g/mol. The van der Waals surface area contributed by atoms with E-state index in [1.165, 1.54) is 16.6 Å². The molecular formula is C20H11F3N4. The minimum atomic E-state index is -4.45. The van der Waals surface area contributed by atoms with Crippen molar-refractivity contribution >= 4 is 5.65 Å². The lowest BCUT2D eigenvalue weighted by Gasteiger charge is -2.06. The van der Waals surface area contributed by atoms with Gasteiger partial charge in [0.25, 0.3) is 0 Å². The second-order valence-electron chi connectivity index (χ2n) is 5.86. The van der Waals surface area contributed by atoms with Crippen LogP contribution in [0.4, 0.5) is 13.2 Å². The molecule has 2 heterocycles. The molecule has 4 rings (SSSR count). The van der Waals surface area contributed by atoms with Gasteiger partial charge in [-0.3, -0.25) is 0 Å². The van der Waals surface area contributed by atoms with E-state index in [0.717, 1.165) is 17.7 Å². The van der Waals surface area contributed by atoms with Gasteiger partial charge < -0.3 is 0 Å². The zero-order chi connectivity index (χ0) is 19.0. The largest absolute Gasteiger partial charge is 0.416 e. The number of hydrogen-bond acceptors (Lipinski definition) is 3. The molecular weight excluding hydrogens is 353 g/mol. The standard InChI is InChI=1S/C20H11F3N4/c21-20(22,23)15-8-4-7-14(11-15)18-25-19-17(12-24)16(9-10-27(19)26-18)13-5-2-1-3-6-13/h1-11H. The van der Waals surface area contributed by atoms with Crippen molar-refractivity contribution in [2.24, 2.45) is 0 Å². The smallest absolute Gasteiger partial charge is 0.219 e. The molecule has 7 heteroatoms. The van der Waals surface area contributed by atoms with Crippen LogP contribution in [0.1, 0.15) is 11.1 Å². The van der Waals surface area contributed by atoms with E-state index >= 15 is 0 Å². The number of nitrogens with zero attached hydrogens (tertiary/aromatic N) is 4. The van der Waals surface area contributed by atoms with Crippen LogP contribution in [-0.2, 0) is 6.18 Å². The Labute approximate surface area is 152 Å². The van der Waals surface area contributed by atoms with Gasteiger partial charge in [-0.1, -0.05) is 42.5 Å². The Bertz CT molecular complexity index is 1170. The average Bonchev–Trinajstić information content (AvgIpc) is 3.12. The number of nitriles is 1. The van der Waals surface area contributed by atoms with E-state index in [0.29, 0.717) is 16.8 Å². The van der Waals surface area contributed by atoms with E-state index < -0.39 is 11.7 Å². The van der Waals surface area contributed by atoms with Crippen LogP contribution in [0.15, 0.2) is 66.9 Å². The summed E-state index contributed by atoms with van der Waals surface area (Å²) in [5.41, 5.74) is 1.61. The van der Waals surface area contributed by atoms with Crippen LogP contribution < -0.4 is 0 Å². The molecule has 0 fully saturated rings. The summed E-state index contributed by atoms with van der Waals surface area (Å²) in [7, 11) is 0. The molecule has 27 heavy (non-hydrogen) atoms. The van der Waals surface area contributed by atoms with E-state index in [1.807, 2.05) is 30.3 Å². The predicted molar refractivity (Wildman–Crippen MR) is 93.6 cm³/mol. The van der Waals surface area contributed by atoms with Crippen LogP contribution >= 0.6 is 0 Å². The molecule has 0 saturated heterocycles. The number of benzene rings is 2. The van der Waals surface area contributed by atoms with E-state index in [2.05, 4.69) is 16.2 Å². The van der Waals surface area contributed by atoms with Crippen molar-refractivity contribution in [3.05, 3.63) is 78.0 Å². The summed E-state index contributed by atoms with van der Waals surface area (Å²) in [6.07, 6.45) is -2.81. The second-order valence-corrected chi connectivity index (χ2v) is 5.86. The number of fused-ring (bicyclic) bond motifs is 1. The number of hydrogen-bond donors (Lipinski definition) is 0. The summed E-state index contributed by atoms with van der Waals surface area (Å²) >= 11 is 0. The van der Waals surface area contributed by atoms with Gasteiger partial charge in [-0.2, -0.15) is 18.4 Å². The Kier molecular flexibility index (Phi) is 3.89. The van der Waals surface area contributed by atoms with Crippen LogP contribution in [0.25, 0.3) is 28.2 Å². The molecule has 0 amide bonds. The summed E-state index contributed by atoms with van der Waals surface area (Å²) in [5.74, 6) is 0.128. The molecule has 0 bridgehead atoms. The van der Waals surface area contributed by atoms with Crippen LogP contribution in [0.2, 0.25) is 0 Å². The zero-order valence-corrected chi connectivity index (χ0v) is 13.8. The molecule has 2 aromatic heterocycles. The third-order valence-corrected chi connectivity index (χ3v) is 4.15. The topological polar surface area (TPSA) is 54.0 Å². The Balaban J connectivity index is 1.88. The molecule has 4 nitrogen and oxygen atoms in total. The van der Waals surface area contributed by atoms with Crippen molar-refractivity contribution < 1.29 is 13.2 Å². The number of pyridine rings is 1. The first-order chi connectivity index (χ1) is 13.0.